The standard InChI is InChI=1S/C15H18O2/c1-11-3-2-4-14(9-11)13-7-5-12(6-8-13)10-15(16)17/h2-4,9-10,13H,5-8H2,1H3,(H,16,17). The fraction of sp³-hybridized carbons (Fsp3) is 0.400. The molecule has 2 rings (SSSR count). The molecule has 17 heavy (non-hydrogen) atoms. The molecule has 0 unspecified atom stereocenters. The van der Waals surface area contributed by atoms with Crippen LogP contribution in [0.15, 0.2) is 35.9 Å². The number of hydrogen-bond donors (Lipinski definition) is 1. The number of aliphatic carboxylic acids is 1. The van der Waals surface area contributed by atoms with Gasteiger partial charge in [0, 0.05) is 6.08 Å². The molecule has 0 heterocycles. The van der Waals surface area contributed by atoms with Gasteiger partial charge in [-0.2, -0.15) is 0 Å². The summed E-state index contributed by atoms with van der Waals surface area (Å²) in [5.74, 6) is -0.213. The molecule has 0 aliphatic heterocycles. The van der Waals surface area contributed by atoms with Crippen molar-refractivity contribution in [2.24, 2.45) is 0 Å². The van der Waals surface area contributed by atoms with Gasteiger partial charge in [-0.1, -0.05) is 35.4 Å². The monoisotopic (exact) mass is 230 g/mol. The second-order valence-electron chi connectivity index (χ2n) is 4.83. The van der Waals surface area contributed by atoms with Gasteiger partial charge in [-0.3, -0.25) is 0 Å². The molecule has 1 fully saturated rings. The van der Waals surface area contributed by atoms with E-state index in [1.807, 2.05) is 0 Å². The summed E-state index contributed by atoms with van der Waals surface area (Å²) in [6.45, 7) is 2.11. The molecule has 0 aromatic heterocycles. The first kappa shape index (κ1) is 11.9. The molecule has 1 aromatic rings. The lowest BCUT2D eigenvalue weighted by atomic mass is 9.81. The van der Waals surface area contributed by atoms with Gasteiger partial charge in [0.1, 0.15) is 0 Å². The highest BCUT2D eigenvalue weighted by atomic mass is 16.4. The lowest BCUT2D eigenvalue weighted by molar-refractivity contribution is -0.131. The normalized spacial score (nSPS) is 20.1. The van der Waals surface area contributed by atoms with Crippen LogP contribution in [0.25, 0.3) is 0 Å². The van der Waals surface area contributed by atoms with Crippen molar-refractivity contribution in [1.29, 1.82) is 0 Å². The Balaban J connectivity index is 2.02. The maximum atomic E-state index is 10.6. The van der Waals surface area contributed by atoms with Crippen LogP contribution in [0.1, 0.15) is 42.7 Å². The SMILES string of the molecule is Cc1cccc(C2CCC(=CC(=O)O)CC2)c1. The van der Waals surface area contributed by atoms with Crippen molar-refractivity contribution in [3.8, 4) is 0 Å². The van der Waals surface area contributed by atoms with Crippen molar-refractivity contribution in [2.45, 2.75) is 38.5 Å². The highest BCUT2D eigenvalue weighted by Crippen LogP contribution is 2.35. The third-order valence-electron chi connectivity index (χ3n) is 3.47. The van der Waals surface area contributed by atoms with Gasteiger partial charge in [-0.05, 0) is 44.1 Å². The molecule has 0 bridgehead atoms. The van der Waals surface area contributed by atoms with Crippen molar-refractivity contribution in [1.82, 2.24) is 0 Å². The van der Waals surface area contributed by atoms with Crippen LogP contribution in [0.5, 0.6) is 0 Å². The Morgan fingerprint density at radius 1 is 1.35 bits per heavy atom. The Morgan fingerprint density at radius 3 is 2.65 bits per heavy atom. The van der Waals surface area contributed by atoms with E-state index in [0.717, 1.165) is 31.3 Å². The quantitative estimate of drug-likeness (QED) is 0.787. The van der Waals surface area contributed by atoms with Crippen molar-refractivity contribution >= 4 is 5.97 Å². The minimum atomic E-state index is -0.811. The Kier molecular flexibility index (Phi) is 3.62. The number of allylic oxidation sites excluding steroid dienone is 1. The van der Waals surface area contributed by atoms with Gasteiger partial charge in [-0.15, -0.1) is 0 Å². The molecule has 1 saturated carbocycles. The second kappa shape index (κ2) is 5.17. The third kappa shape index (κ3) is 3.19. The summed E-state index contributed by atoms with van der Waals surface area (Å²) in [6, 6.07) is 8.65. The summed E-state index contributed by atoms with van der Waals surface area (Å²) in [5, 5.41) is 8.71. The van der Waals surface area contributed by atoms with Crippen LogP contribution in [0.4, 0.5) is 0 Å². The maximum absolute atomic E-state index is 10.6. The number of rotatable bonds is 2. The topological polar surface area (TPSA) is 37.3 Å². The van der Waals surface area contributed by atoms with Crippen LogP contribution >= 0.6 is 0 Å². The van der Waals surface area contributed by atoms with Gasteiger partial charge < -0.3 is 5.11 Å². The Hall–Kier alpha value is -1.57. The van der Waals surface area contributed by atoms with E-state index in [1.54, 1.807) is 0 Å². The predicted octanol–water partition coefficient (Wildman–Crippen LogP) is 3.66. The average molecular weight is 230 g/mol. The summed E-state index contributed by atoms with van der Waals surface area (Å²) < 4.78 is 0. The lowest BCUT2D eigenvalue weighted by Gasteiger charge is -2.24. The highest BCUT2D eigenvalue weighted by Gasteiger charge is 2.18. The van der Waals surface area contributed by atoms with Crippen LogP contribution in [0, 0.1) is 6.92 Å². The third-order valence-corrected chi connectivity index (χ3v) is 3.47. The second-order valence-corrected chi connectivity index (χ2v) is 4.83. The number of benzene rings is 1. The van der Waals surface area contributed by atoms with E-state index in [2.05, 4.69) is 31.2 Å². The molecule has 1 aromatic carbocycles. The van der Waals surface area contributed by atoms with E-state index in [-0.39, 0.29) is 0 Å². The largest absolute Gasteiger partial charge is 0.478 e. The Morgan fingerprint density at radius 2 is 2.06 bits per heavy atom. The van der Waals surface area contributed by atoms with Crippen LogP contribution in [-0.4, -0.2) is 11.1 Å². The number of carboxylic acid groups (broad SMARTS) is 1. The van der Waals surface area contributed by atoms with E-state index >= 15 is 0 Å². The summed E-state index contributed by atoms with van der Waals surface area (Å²) >= 11 is 0. The zero-order valence-corrected chi connectivity index (χ0v) is 10.1. The molecule has 0 amide bonds. The van der Waals surface area contributed by atoms with Gasteiger partial charge in [0.25, 0.3) is 0 Å². The number of carboxylic acids is 1. The van der Waals surface area contributed by atoms with Crippen molar-refractivity contribution in [3.63, 3.8) is 0 Å². The first-order valence-corrected chi connectivity index (χ1v) is 6.14. The van der Waals surface area contributed by atoms with Crippen LogP contribution < -0.4 is 0 Å². The minimum absolute atomic E-state index is 0.598. The first-order valence-electron chi connectivity index (χ1n) is 6.14. The predicted molar refractivity (Wildman–Crippen MR) is 68.1 cm³/mol. The van der Waals surface area contributed by atoms with E-state index in [0.29, 0.717) is 5.92 Å². The van der Waals surface area contributed by atoms with Gasteiger partial charge in [-0.25, -0.2) is 4.79 Å². The molecule has 1 aliphatic carbocycles. The van der Waals surface area contributed by atoms with E-state index < -0.39 is 5.97 Å². The molecule has 1 N–H and O–H groups in total. The van der Waals surface area contributed by atoms with Gasteiger partial charge in [0.15, 0.2) is 0 Å². The number of carbonyl (C=O) groups is 1. The minimum Gasteiger partial charge on any atom is -0.478 e. The van der Waals surface area contributed by atoms with Crippen molar-refractivity contribution in [3.05, 3.63) is 47.0 Å². The average Bonchev–Trinajstić information content (AvgIpc) is 2.29. The fourth-order valence-corrected chi connectivity index (χ4v) is 2.56. The number of hydrogen-bond acceptors (Lipinski definition) is 1. The molecule has 0 spiro atoms. The Labute approximate surface area is 102 Å². The summed E-state index contributed by atoms with van der Waals surface area (Å²) in [5.41, 5.74) is 3.79. The van der Waals surface area contributed by atoms with E-state index in [1.165, 1.54) is 17.2 Å². The molecule has 2 heteroatoms. The van der Waals surface area contributed by atoms with Gasteiger partial charge in [0.2, 0.25) is 0 Å². The molecule has 2 nitrogen and oxygen atoms in total. The van der Waals surface area contributed by atoms with E-state index in [9.17, 15) is 4.79 Å². The van der Waals surface area contributed by atoms with Gasteiger partial charge >= 0.3 is 5.97 Å². The zero-order valence-electron chi connectivity index (χ0n) is 10.1. The number of aryl methyl sites for hydroxylation is 1. The van der Waals surface area contributed by atoms with Crippen molar-refractivity contribution < 1.29 is 9.90 Å². The summed E-state index contributed by atoms with van der Waals surface area (Å²) in [7, 11) is 0. The maximum Gasteiger partial charge on any atom is 0.328 e. The fourth-order valence-electron chi connectivity index (χ4n) is 2.56. The van der Waals surface area contributed by atoms with Gasteiger partial charge in [0.05, 0.1) is 0 Å². The molecular formula is C15H18O2. The van der Waals surface area contributed by atoms with Crippen LogP contribution in [0.2, 0.25) is 0 Å². The first-order chi connectivity index (χ1) is 8.15. The lowest BCUT2D eigenvalue weighted by Crippen LogP contribution is -2.08. The zero-order chi connectivity index (χ0) is 12.3. The molecule has 0 atom stereocenters. The van der Waals surface area contributed by atoms with Crippen molar-refractivity contribution in [2.75, 3.05) is 0 Å². The molecule has 1 aliphatic rings. The van der Waals surface area contributed by atoms with Crippen LogP contribution in [-0.2, 0) is 4.79 Å². The molecule has 90 valence electrons. The van der Waals surface area contributed by atoms with E-state index in [4.69, 9.17) is 5.11 Å². The highest BCUT2D eigenvalue weighted by molar-refractivity contribution is 5.80. The summed E-state index contributed by atoms with van der Waals surface area (Å²) in [4.78, 5) is 10.6. The molecular weight excluding hydrogens is 212 g/mol. The van der Waals surface area contributed by atoms with Crippen LogP contribution in [0.3, 0.4) is 0 Å². The molecule has 0 saturated heterocycles. The smallest absolute Gasteiger partial charge is 0.328 e. The molecule has 0 radical (unpaired) electrons. The summed E-state index contributed by atoms with van der Waals surface area (Å²) in [6.07, 6.45) is 5.37. The Bertz CT molecular complexity index is 436.